The molecule has 0 fully saturated rings. The third-order valence-corrected chi connectivity index (χ3v) is 7.29. The Kier molecular flexibility index (Phi) is 5.41. The zero-order valence-corrected chi connectivity index (χ0v) is 21.1. The van der Waals surface area contributed by atoms with Gasteiger partial charge in [-0.25, -0.2) is 0 Å². The molecule has 0 spiro atoms. The number of hydrogen-bond donors (Lipinski definition) is 0. The zero-order valence-electron chi connectivity index (χ0n) is 21.1. The fourth-order valence-corrected chi connectivity index (χ4v) is 5.63. The number of nitrogens with zero attached hydrogens (tertiary/aromatic N) is 1. The van der Waals surface area contributed by atoms with Crippen LogP contribution in [0.25, 0.3) is 32.4 Å². The number of Topliss-reactive ketones (excluding diaryl/α,β-unsaturated/α-hetero) is 1. The highest BCUT2D eigenvalue weighted by molar-refractivity contribution is 6.17. The third-order valence-electron chi connectivity index (χ3n) is 7.29. The molecule has 0 aliphatic carbocycles. The number of alkyl halides is 3. The third kappa shape index (κ3) is 3.90. The normalized spacial score (nSPS) is 13.8. The number of aryl methyl sites for hydroxylation is 2. The largest absolute Gasteiger partial charge is 0.573 e. The van der Waals surface area contributed by atoms with Crippen molar-refractivity contribution < 1.29 is 46.2 Å². The minimum atomic E-state index is -4.86. The lowest BCUT2D eigenvalue weighted by Crippen LogP contribution is -2.38. The second-order valence-electron chi connectivity index (χ2n) is 9.57. The molecule has 40 heavy (non-hydrogen) atoms. The molecule has 4 aromatic carbocycles. The van der Waals surface area contributed by atoms with Crippen LogP contribution in [0, 0.1) is 0 Å². The van der Waals surface area contributed by atoms with Crippen molar-refractivity contribution >= 4 is 38.2 Å². The van der Waals surface area contributed by atoms with Gasteiger partial charge in [0.05, 0.1) is 23.3 Å². The van der Waals surface area contributed by atoms with Crippen LogP contribution in [0.3, 0.4) is 0 Å². The quantitative estimate of drug-likeness (QED) is 0.150. The van der Waals surface area contributed by atoms with Crippen LogP contribution in [0.1, 0.15) is 15.9 Å². The van der Waals surface area contributed by atoms with Crippen molar-refractivity contribution in [3.05, 3.63) is 71.9 Å². The Balaban J connectivity index is 1.31. The number of rotatable bonds is 6. The van der Waals surface area contributed by atoms with E-state index in [1.54, 1.807) is 6.07 Å². The maximum absolute atomic E-state index is 12.9. The van der Waals surface area contributed by atoms with Gasteiger partial charge in [0.15, 0.2) is 48.1 Å². The van der Waals surface area contributed by atoms with Crippen molar-refractivity contribution in [2.45, 2.75) is 19.3 Å². The van der Waals surface area contributed by atoms with E-state index >= 15 is 0 Å². The smallest absolute Gasteiger partial charge is 0.493 e. The first-order valence-corrected chi connectivity index (χ1v) is 12.5. The second kappa shape index (κ2) is 8.90. The highest BCUT2D eigenvalue weighted by atomic mass is 19.4. The molecule has 0 saturated heterocycles. The molecular formula is C30H21F3NO6+. The van der Waals surface area contributed by atoms with E-state index in [0.717, 1.165) is 69.0 Å². The Bertz CT molecular complexity index is 1870. The summed E-state index contributed by atoms with van der Waals surface area (Å²) in [5, 5.41) is 4.77. The van der Waals surface area contributed by atoms with E-state index in [0.29, 0.717) is 11.5 Å². The highest BCUT2D eigenvalue weighted by Crippen LogP contribution is 2.46. The number of ketones is 1. The zero-order chi connectivity index (χ0) is 27.6. The van der Waals surface area contributed by atoms with Crippen LogP contribution in [-0.4, -0.2) is 32.7 Å². The Morgan fingerprint density at radius 1 is 1.00 bits per heavy atom. The summed E-state index contributed by atoms with van der Waals surface area (Å²) in [5.74, 6) is 1.33. The summed E-state index contributed by atoms with van der Waals surface area (Å²) in [5.41, 5.74) is 2.29. The number of hydrogen-bond acceptors (Lipinski definition) is 6. The van der Waals surface area contributed by atoms with Gasteiger partial charge in [-0.05, 0) is 48.0 Å². The number of aromatic nitrogens is 1. The molecular weight excluding hydrogens is 527 g/mol. The molecule has 7 nitrogen and oxygen atoms in total. The molecule has 0 unspecified atom stereocenters. The Morgan fingerprint density at radius 3 is 2.65 bits per heavy atom. The van der Waals surface area contributed by atoms with Gasteiger partial charge in [-0.15, -0.1) is 13.2 Å². The summed E-state index contributed by atoms with van der Waals surface area (Å²) in [4.78, 5) is 12.9. The summed E-state index contributed by atoms with van der Waals surface area (Å²) in [6.07, 6.45) is -2.07. The lowest BCUT2D eigenvalue weighted by Gasteiger charge is -2.18. The van der Waals surface area contributed by atoms with Crippen molar-refractivity contribution in [1.29, 1.82) is 0 Å². The Hall–Kier alpha value is -4.73. The molecule has 2 aliphatic heterocycles. The predicted molar refractivity (Wildman–Crippen MR) is 138 cm³/mol. The second-order valence-corrected chi connectivity index (χ2v) is 9.57. The van der Waals surface area contributed by atoms with Crippen LogP contribution in [0.15, 0.2) is 60.8 Å². The average molecular weight is 548 g/mol. The van der Waals surface area contributed by atoms with Gasteiger partial charge in [-0.2, -0.15) is 4.57 Å². The molecule has 1 aromatic heterocycles. The lowest BCUT2D eigenvalue weighted by atomic mass is 9.93. The highest BCUT2D eigenvalue weighted by Gasteiger charge is 2.32. The molecule has 5 aromatic rings. The standard InChI is InChI=1S/C30H21F3NO6/c1-36-24-8-7-19-20-5-6-21-26-17(12-25-28(21)39-15-38-25)9-10-34(27(20)26)13-22(19)29(24)37-14-23(35)16-3-2-4-18(11-16)40-30(31,32)33/h2-8,11-13H,9-10,14-15H2,1H3/q+1. The average Bonchev–Trinajstić information content (AvgIpc) is 3.41. The maximum atomic E-state index is 12.9. The lowest BCUT2D eigenvalue weighted by molar-refractivity contribution is -0.670. The number of carbonyl (C=O) groups is 1. The van der Waals surface area contributed by atoms with Crippen LogP contribution in [0.2, 0.25) is 0 Å². The van der Waals surface area contributed by atoms with E-state index in [1.165, 1.54) is 24.8 Å². The van der Waals surface area contributed by atoms with E-state index in [2.05, 4.69) is 15.4 Å². The molecule has 202 valence electrons. The van der Waals surface area contributed by atoms with E-state index < -0.39 is 24.5 Å². The van der Waals surface area contributed by atoms with Gasteiger partial charge in [0.2, 0.25) is 12.3 Å². The summed E-state index contributed by atoms with van der Waals surface area (Å²) < 4.78 is 67.0. The number of halogens is 3. The van der Waals surface area contributed by atoms with Crippen molar-refractivity contribution in [1.82, 2.24) is 0 Å². The SMILES string of the molecule is COc1ccc2c(c[n+]3c4c2ccc2c5c(cc(c24)CC3)OCO5)c1OCC(=O)c1cccc(OC(F)(F)F)c1. The molecule has 0 saturated carbocycles. The summed E-state index contributed by atoms with van der Waals surface area (Å²) in [7, 11) is 1.51. The summed E-state index contributed by atoms with van der Waals surface area (Å²) in [6.45, 7) is 0.511. The van der Waals surface area contributed by atoms with Gasteiger partial charge in [0, 0.05) is 22.8 Å². The molecule has 0 radical (unpaired) electrons. The van der Waals surface area contributed by atoms with Gasteiger partial charge in [-0.3, -0.25) is 4.79 Å². The van der Waals surface area contributed by atoms with Gasteiger partial charge in [0.1, 0.15) is 5.75 Å². The van der Waals surface area contributed by atoms with Gasteiger partial charge < -0.3 is 23.7 Å². The van der Waals surface area contributed by atoms with Crippen LogP contribution in [0.4, 0.5) is 13.2 Å². The minimum absolute atomic E-state index is 0.0357. The van der Waals surface area contributed by atoms with E-state index in [9.17, 15) is 18.0 Å². The minimum Gasteiger partial charge on any atom is -0.493 e. The Labute approximate surface area is 225 Å². The molecule has 0 bridgehead atoms. The molecule has 3 heterocycles. The first-order valence-electron chi connectivity index (χ1n) is 12.5. The Morgan fingerprint density at radius 2 is 1.82 bits per heavy atom. The number of carbonyl (C=O) groups excluding carboxylic acids is 1. The van der Waals surface area contributed by atoms with Crippen LogP contribution >= 0.6 is 0 Å². The van der Waals surface area contributed by atoms with E-state index in [-0.39, 0.29) is 12.4 Å². The van der Waals surface area contributed by atoms with Crippen molar-refractivity contribution in [3.8, 4) is 28.7 Å². The van der Waals surface area contributed by atoms with Crippen molar-refractivity contribution in [2.75, 3.05) is 20.5 Å². The van der Waals surface area contributed by atoms with E-state index in [4.69, 9.17) is 18.9 Å². The van der Waals surface area contributed by atoms with E-state index in [1.807, 2.05) is 24.4 Å². The van der Waals surface area contributed by atoms with Crippen molar-refractivity contribution in [2.24, 2.45) is 0 Å². The first-order chi connectivity index (χ1) is 19.3. The fraction of sp³-hybridized carbons (Fsp3) is 0.200. The van der Waals surface area contributed by atoms with Gasteiger partial charge in [-0.1, -0.05) is 12.1 Å². The molecule has 0 atom stereocenters. The topological polar surface area (TPSA) is 67.1 Å². The summed E-state index contributed by atoms with van der Waals surface area (Å²) >= 11 is 0. The molecule has 0 N–H and O–H groups in total. The molecule has 2 aliphatic rings. The monoisotopic (exact) mass is 548 g/mol. The van der Waals surface area contributed by atoms with Crippen LogP contribution in [-0.2, 0) is 13.0 Å². The molecule has 0 amide bonds. The van der Waals surface area contributed by atoms with Crippen LogP contribution < -0.4 is 28.3 Å². The number of fused-ring (bicyclic) bond motifs is 4. The number of pyridine rings is 1. The first kappa shape index (κ1) is 24.3. The molecule has 10 heteroatoms. The summed E-state index contributed by atoms with van der Waals surface area (Å²) in [6, 6.07) is 14.8. The van der Waals surface area contributed by atoms with Crippen LogP contribution in [0.5, 0.6) is 28.7 Å². The van der Waals surface area contributed by atoms with Gasteiger partial charge in [0.25, 0.3) is 0 Å². The maximum Gasteiger partial charge on any atom is 0.573 e. The van der Waals surface area contributed by atoms with Gasteiger partial charge >= 0.3 is 6.36 Å². The fourth-order valence-electron chi connectivity index (χ4n) is 5.63. The number of methoxy groups -OCH3 is 1. The number of ether oxygens (including phenoxy) is 5. The number of benzene rings is 4. The van der Waals surface area contributed by atoms with Crippen molar-refractivity contribution in [3.63, 3.8) is 0 Å². The predicted octanol–water partition coefficient (Wildman–Crippen LogP) is 5.89. The molecule has 7 rings (SSSR count).